The van der Waals surface area contributed by atoms with E-state index in [2.05, 4.69) is 33.2 Å². The zero-order valence-corrected chi connectivity index (χ0v) is 22.2. The van der Waals surface area contributed by atoms with Crippen LogP contribution in [0.3, 0.4) is 0 Å². The first-order chi connectivity index (χ1) is 18.6. The van der Waals surface area contributed by atoms with Crippen LogP contribution < -0.4 is 10.5 Å². The summed E-state index contributed by atoms with van der Waals surface area (Å²) < 4.78 is 16.1. The largest absolute Gasteiger partial charge is 0.494 e. The number of imidazole rings is 1. The van der Waals surface area contributed by atoms with E-state index in [4.69, 9.17) is 20.2 Å². The number of nitrogens with two attached hydrogens (primary N) is 1. The van der Waals surface area contributed by atoms with Crippen LogP contribution in [0.15, 0.2) is 36.5 Å². The van der Waals surface area contributed by atoms with E-state index in [0.717, 1.165) is 92.1 Å². The second kappa shape index (κ2) is 10.4. The molecule has 4 aromatic rings. The summed E-state index contributed by atoms with van der Waals surface area (Å²) in [7, 11) is 1.66. The Bertz CT molecular complexity index is 1470. The number of fused-ring (bicyclic) bond motifs is 2. The van der Waals surface area contributed by atoms with E-state index in [1.54, 1.807) is 7.11 Å². The highest BCUT2D eigenvalue weighted by atomic mass is 16.5. The number of rotatable bonds is 6. The molecular formula is C29H36N6O3. The maximum atomic E-state index is 13.5. The molecule has 3 aromatic heterocycles. The van der Waals surface area contributed by atoms with Crippen LogP contribution in [0.5, 0.6) is 5.75 Å². The molecule has 0 radical (unpaired) electrons. The average molecular weight is 517 g/mol. The number of pyridine rings is 1. The minimum atomic E-state index is -0.0206. The second-order valence-corrected chi connectivity index (χ2v) is 10.5. The summed E-state index contributed by atoms with van der Waals surface area (Å²) in [5, 5.41) is 1.08. The SMILES string of the molecule is CCn1c(-c2nc3cc(C(=O)N4CCC[C@@H](N)C4)cc(OC)c3n2CC2CCOCC2)cc2cccnc21. The number of likely N-dealkylation sites (tertiary alicyclic amines) is 1. The number of amides is 1. The van der Waals surface area contributed by atoms with Gasteiger partial charge in [0.25, 0.3) is 5.91 Å². The van der Waals surface area contributed by atoms with Gasteiger partial charge in [0.2, 0.25) is 0 Å². The number of carbonyl (C=O) groups excluding carboxylic acids is 1. The first-order valence-electron chi connectivity index (χ1n) is 13.7. The molecule has 0 bridgehead atoms. The van der Waals surface area contributed by atoms with E-state index in [0.29, 0.717) is 23.8 Å². The Morgan fingerprint density at radius 3 is 2.79 bits per heavy atom. The second-order valence-electron chi connectivity index (χ2n) is 10.5. The Morgan fingerprint density at radius 1 is 1.18 bits per heavy atom. The van der Waals surface area contributed by atoms with E-state index in [9.17, 15) is 4.79 Å². The fourth-order valence-electron chi connectivity index (χ4n) is 6.04. The summed E-state index contributed by atoms with van der Waals surface area (Å²) in [6, 6.07) is 10.0. The van der Waals surface area contributed by atoms with Gasteiger partial charge in [-0.1, -0.05) is 0 Å². The highest BCUT2D eigenvalue weighted by molar-refractivity contribution is 6.00. The molecule has 2 fully saturated rings. The molecule has 2 N–H and O–H groups in total. The van der Waals surface area contributed by atoms with Gasteiger partial charge in [0, 0.05) is 62.6 Å². The molecule has 9 heteroatoms. The zero-order valence-electron chi connectivity index (χ0n) is 22.2. The molecule has 38 heavy (non-hydrogen) atoms. The smallest absolute Gasteiger partial charge is 0.254 e. The molecule has 1 aromatic carbocycles. The molecule has 0 spiro atoms. The van der Waals surface area contributed by atoms with Crippen molar-refractivity contribution in [3.8, 4) is 17.3 Å². The molecule has 5 heterocycles. The van der Waals surface area contributed by atoms with Gasteiger partial charge < -0.3 is 29.2 Å². The lowest BCUT2D eigenvalue weighted by atomic mass is 10.00. The first kappa shape index (κ1) is 24.9. The minimum Gasteiger partial charge on any atom is -0.494 e. The van der Waals surface area contributed by atoms with Gasteiger partial charge in [0.05, 0.1) is 18.3 Å². The number of nitrogens with zero attached hydrogens (tertiary/aromatic N) is 5. The summed E-state index contributed by atoms with van der Waals surface area (Å²) in [5.41, 5.74) is 10.4. The number of hydrogen-bond acceptors (Lipinski definition) is 6. The Hall–Kier alpha value is -3.43. The molecule has 0 unspecified atom stereocenters. The number of aryl methyl sites for hydroxylation is 1. The standard InChI is InChI=1S/C29H36N6O3/c1-3-34-24(15-20-6-4-10-31-27(20)34)28-32-23-14-21(29(36)33-11-5-7-22(30)18-33)16-25(37-2)26(23)35(28)17-19-8-12-38-13-9-19/h4,6,10,14-16,19,22H,3,5,7-9,11-13,17-18,30H2,1-2H3/t22-/m1/s1. The Labute approximate surface area is 222 Å². The lowest BCUT2D eigenvalue weighted by Crippen LogP contribution is -2.45. The third kappa shape index (κ3) is 4.43. The third-order valence-corrected chi connectivity index (χ3v) is 8.00. The lowest BCUT2D eigenvalue weighted by molar-refractivity contribution is 0.0617. The van der Waals surface area contributed by atoms with Crippen molar-refractivity contribution in [1.82, 2.24) is 24.0 Å². The van der Waals surface area contributed by atoms with Crippen molar-refractivity contribution >= 4 is 28.0 Å². The molecule has 6 rings (SSSR count). The molecule has 2 saturated heterocycles. The normalized spacial score (nSPS) is 18.9. The highest BCUT2D eigenvalue weighted by Gasteiger charge is 2.27. The minimum absolute atomic E-state index is 0.0206. The molecule has 1 atom stereocenters. The van der Waals surface area contributed by atoms with Crippen LogP contribution in [0.25, 0.3) is 33.6 Å². The molecule has 1 amide bonds. The van der Waals surface area contributed by atoms with Crippen molar-refractivity contribution in [3.05, 3.63) is 42.1 Å². The molecule has 2 aliphatic heterocycles. The lowest BCUT2D eigenvalue weighted by Gasteiger charge is -2.31. The number of benzene rings is 1. The van der Waals surface area contributed by atoms with E-state index < -0.39 is 0 Å². The van der Waals surface area contributed by atoms with Gasteiger partial charge in [-0.05, 0) is 68.9 Å². The predicted octanol–water partition coefficient (Wildman–Crippen LogP) is 4.07. The Balaban J connectivity index is 1.52. The maximum Gasteiger partial charge on any atom is 0.254 e. The van der Waals surface area contributed by atoms with Crippen LogP contribution >= 0.6 is 0 Å². The predicted molar refractivity (Wildman–Crippen MR) is 147 cm³/mol. The van der Waals surface area contributed by atoms with Crippen LogP contribution in [-0.4, -0.2) is 69.4 Å². The van der Waals surface area contributed by atoms with Crippen molar-refractivity contribution in [1.29, 1.82) is 0 Å². The molecule has 0 saturated carbocycles. The van der Waals surface area contributed by atoms with Gasteiger partial charge in [0.15, 0.2) is 5.82 Å². The number of methoxy groups -OCH3 is 1. The van der Waals surface area contributed by atoms with Gasteiger partial charge >= 0.3 is 0 Å². The number of ether oxygens (including phenoxy) is 2. The van der Waals surface area contributed by atoms with Gasteiger partial charge in [-0.2, -0.15) is 0 Å². The number of aromatic nitrogens is 4. The summed E-state index contributed by atoms with van der Waals surface area (Å²) in [6.07, 6.45) is 5.71. The fourth-order valence-corrected chi connectivity index (χ4v) is 6.04. The summed E-state index contributed by atoms with van der Waals surface area (Å²) in [6.45, 7) is 6.56. The topological polar surface area (TPSA) is 100 Å². The summed E-state index contributed by atoms with van der Waals surface area (Å²) in [5.74, 6) is 1.98. The van der Waals surface area contributed by atoms with E-state index >= 15 is 0 Å². The van der Waals surface area contributed by atoms with E-state index in [-0.39, 0.29) is 11.9 Å². The van der Waals surface area contributed by atoms with E-state index in [1.165, 1.54) is 0 Å². The number of piperidine rings is 1. The number of hydrogen-bond donors (Lipinski definition) is 1. The summed E-state index contributed by atoms with van der Waals surface area (Å²) in [4.78, 5) is 25.2. The van der Waals surface area contributed by atoms with Crippen molar-refractivity contribution in [3.63, 3.8) is 0 Å². The van der Waals surface area contributed by atoms with Gasteiger partial charge in [-0.3, -0.25) is 4.79 Å². The van der Waals surface area contributed by atoms with Crippen LogP contribution in [0.2, 0.25) is 0 Å². The Morgan fingerprint density at radius 2 is 2.03 bits per heavy atom. The molecule has 0 aliphatic carbocycles. The van der Waals surface area contributed by atoms with Crippen molar-refractivity contribution in [2.24, 2.45) is 11.7 Å². The maximum absolute atomic E-state index is 13.5. The molecular weight excluding hydrogens is 480 g/mol. The molecule has 2 aliphatic rings. The number of carbonyl (C=O) groups is 1. The van der Waals surface area contributed by atoms with Gasteiger partial charge in [-0.15, -0.1) is 0 Å². The van der Waals surface area contributed by atoms with Crippen LogP contribution in [-0.2, 0) is 17.8 Å². The van der Waals surface area contributed by atoms with Gasteiger partial charge in [0.1, 0.15) is 16.9 Å². The van der Waals surface area contributed by atoms with Crippen molar-refractivity contribution in [2.45, 2.75) is 51.7 Å². The van der Waals surface area contributed by atoms with Crippen LogP contribution in [0, 0.1) is 5.92 Å². The molecule has 9 nitrogen and oxygen atoms in total. The highest BCUT2D eigenvalue weighted by Crippen LogP contribution is 2.36. The van der Waals surface area contributed by atoms with Crippen molar-refractivity contribution < 1.29 is 14.3 Å². The van der Waals surface area contributed by atoms with E-state index in [1.807, 2.05) is 29.3 Å². The first-order valence-corrected chi connectivity index (χ1v) is 13.7. The fraction of sp³-hybridized carbons (Fsp3) is 0.483. The molecule has 200 valence electrons. The zero-order chi connectivity index (χ0) is 26.2. The van der Waals surface area contributed by atoms with Crippen LogP contribution in [0.1, 0.15) is 43.0 Å². The third-order valence-electron chi connectivity index (χ3n) is 8.00. The monoisotopic (exact) mass is 516 g/mol. The van der Waals surface area contributed by atoms with Gasteiger partial charge in [-0.25, -0.2) is 9.97 Å². The summed E-state index contributed by atoms with van der Waals surface area (Å²) >= 11 is 0. The average Bonchev–Trinajstić information content (AvgIpc) is 3.50. The van der Waals surface area contributed by atoms with Crippen LogP contribution in [0.4, 0.5) is 0 Å². The Kier molecular flexibility index (Phi) is 6.80. The van der Waals surface area contributed by atoms with Crippen molar-refractivity contribution in [2.75, 3.05) is 33.4 Å². The quantitative estimate of drug-likeness (QED) is 0.415.